The molecule has 0 aliphatic rings. The molecule has 2 unspecified atom stereocenters. The largest absolute Gasteiger partial charge is 0.478 e. The molecule has 0 heterocycles. The van der Waals surface area contributed by atoms with Gasteiger partial charge < -0.3 is 30.8 Å². The van der Waals surface area contributed by atoms with Crippen molar-refractivity contribution in [3.63, 3.8) is 0 Å². The van der Waals surface area contributed by atoms with E-state index in [0.29, 0.717) is 12.8 Å². The lowest BCUT2D eigenvalue weighted by atomic mass is 10.00. The van der Waals surface area contributed by atoms with Gasteiger partial charge in [0.05, 0.1) is 13.0 Å². The van der Waals surface area contributed by atoms with Gasteiger partial charge in [-0.2, -0.15) is 0 Å². The van der Waals surface area contributed by atoms with Crippen LogP contribution >= 0.6 is 0 Å². The highest BCUT2D eigenvalue weighted by Gasteiger charge is 2.39. The van der Waals surface area contributed by atoms with Crippen LogP contribution in [0.4, 0.5) is 0 Å². The Balaban J connectivity index is 5.59. The van der Waals surface area contributed by atoms with E-state index in [1.54, 1.807) is 20.8 Å². The van der Waals surface area contributed by atoms with Crippen molar-refractivity contribution in [1.29, 1.82) is 0 Å². The first-order valence-electron chi connectivity index (χ1n) is 9.80. The summed E-state index contributed by atoms with van der Waals surface area (Å²) in [5.74, 6) is -4.77. The highest BCUT2D eigenvalue weighted by molar-refractivity contribution is 5.83. The molecule has 10 nitrogen and oxygen atoms in total. The van der Waals surface area contributed by atoms with Gasteiger partial charge in [-0.3, -0.25) is 14.4 Å². The Morgan fingerprint density at radius 2 is 1.31 bits per heavy atom. The number of carbonyl (C=O) groups excluding carboxylic acids is 3. The molecule has 0 rings (SSSR count). The summed E-state index contributed by atoms with van der Waals surface area (Å²) in [7, 11) is 0. The molecule has 0 aromatic carbocycles. The van der Waals surface area contributed by atoms with Crippen molar-refractivity contribution in [2.75, 3.05) is 6.61 Å². The van der Waals surface area contributed by atoms with E-state index >= 15 is 0 Å². The van der Waals surface area contributed by atoms with Crippen molar-refractivity contribution in [2.24, 2.45) is 23.3 Å². The average Bonchev–Trinajstić information content (AvgIpc) is 2.68. The molecule has 10 heteroatoms. The van der Waals surface area contributed by atoms with E-state index in [-0.39, 0.29) is 18.4 Å². The van der Waals surface area contributed by atoms with Crippen molar-refractivity contribution in [2.45, 2.75) is 78.2 Å². The number of hydrogen-bond donors (Lipinski definition) is 3. The fourth-order valence-electron chi connectivity index (χ4n) is 2.28. The number of rotatable bonds is 13. The minimum atomic E-state index is -1.94. The molecule has 0 aromatic heterocycles. The monoisotopic (exact) mass is 418 g/mol. The van der Waals surface area contributed by atoms with E-state index in [1.807, 2.05) is 13.8 Å². The molecule has 168 valence electrons. The minimum Gasteiger partial charge on any atom is -0.478 e. The van der Waals surface area contributed by atoms with Crippen LogP contribution in [0.1, 0.15) is 53.9 Å². The van der Waals surface area contributed by atoms with Crippen LogP contribution < -0.4 is 11.5 Å². The number of esters is 3. The summed E-state index contributed by atoms with van der Waals surface area (Å²) < 4.78 is 15.0. The second-order valence-corrected chi connectivity index (χ2v) is 7.00. The molecular weight excluding hydrogens is 384 g/mol. The second-order valence-electron chi connectivity index (χ2n) is 7.00. The molecular formula is C19H34N2O8. The summed E-state index contributed by atoms with van der Waals surface area (Å²) in [5, 5.41) is 9.53. The van der Waals surface area contributed by atoms with E-state index in [0.717, 1.165) is 0 Å². The molecule has 0 fully saturated rings. The third-order valence-electron chi connectivity index (χ3n) is 4.82. The van der Waals surface area contributed by atoms with Crippen molar-refractivity contribution in [3.05, 3.63) is 0 Å². The van der Waals surface area contributed by atoms with Gasteiger partial charge in [-0.1, -0.05) is 40.5 Å². The van der Waals surface area contributed by atoms with Gasteiger partial charge in [0.2, 0.25) is 6.10 Å². The Morgan fingerprint density at radius 1 is 0.862 bits per heavy atom. The number of carboxylic acid groups (broad SMARTS) is 1. The molecule has 0 aromatic rings. The summed E-state index contributed by atoms with van der Waals surface area (Å²) >= 11 is 0. The quantitative estimate of drug-likeness (QED) is 0.284. The van der Waals surface area contributed by atoms with E-state index in [2.05, 4.69) is 0 Å². The topological polar surface area (TPSA) is 168 Å². The Bertz CT molecular complexity index is 568. The number of nitrogens with two attached hydrogens (primary N) is 2. The van der Waals surface area contributed by atoms with Crippen molar-refractivity contribution in [1.82, 2.24) is 0 Å². The molecule has 5 N–H and O–H groups in total. The summed E-state index contributed by atoms with van der Waals surface area (Å²) in [4.78, 5) is 48.2. The fourth-order valence-corrected chi connectivity index (χ4v) is 2.28. The van der Waals surface area contributed by atoms with Crippen LogP contribution in [0.15, 0.2) is 0 Å². The first kappa shape index (κ1) is 26.8. The normalized spacial score (nSPS) is 17.2. The zero-order chi connectivity index (χ0) is 22.7. The van der Waals surface area contributed by atoms with Gasteiger partial charge in [-0.25, -0.2) is 4.79 Å². The van der Waals surface area contributed by atoms with Crippen molar-refractivity contribution < 1.29 is 38.5 Å². The van der Waals surface area contributed by atoms with Crippen LogP contribution in [-0.2, 0) is 33.4 Å². The standard InChI is InChI=1S/C19H34N2O8/c1-6-10(4)14(20)18(25)28-12(9-13(22)27-8-3)16(17(23)24)29-19(26)15(21)11(5)7-2/h10-12,14-16H,6-9,20-21H2,1-5H3,(H,23,24)/t10-,11-,12?,14-,15-,16?/m0/s1. The van der Waals surface area contributed by atoms with Gasteiger partial charge >= 0.3 is 23.9 Å². The van der Waals surface area contributed by atoms with Gasteiger partial charge in [-0.15, -0.1) is 0 Å². The summed E-state index contributed by atoms with van der Waals surface area (Å²) in [5.41, 5.74) is 11.6. The number of ether oxygens (including phenoxy) is 3. The maximum atomic E-state index is 12.3. The molecule has 0 aliphatic heterocycles. The first-order chi connectivity index (χ1) is 13.5. The van der Waals surface area contributed by atoms with Gasteiger partial charge in [0.15, 0.2) is 6.10 Å². The molecule has 0 radical (unpaired) electrons. The minimum absolute atomic E-state index is 0.0439. The summed E-state index contributed by atoms with van der Waals surface area (Å²) in [6, 6.07) is -2.10. The molecule has 0 saturated heterocycles. The van der Waals surface area contributed by atoms with Crippen molar-refractivity contribution >= 4 is 23.9 Å². The summed E-state index contributed by atoms with van der Waals surface area (Å²) in [6.45, 7) is 8.69. The first-order valence-corrected chi connectivity index (χ1v) is 9.80. The lowest BCUT2D eigenvalue weighted by Crippen LogP contribution is -2.49. The highest BCUT2D eigenvalue weighted by Crippen LogP contribution is 2.17. The number of carboxylic acids is 1. The van der Waals surface area contributed by atoms with Crippen molar-refractivity contribution in [3.8, 4) is 0 Å². The number of hydrogen-bond acceptors (Lipinski definition) is 9. The number of aliphatic carboxylic acids is 1. The molecule has 0 amide bonds. The summed E-state index contributed by atoms with van der Waals surface area (Å²) in [6.07, 6.45) is -3.01. The fraction of sp³-hybridized carbons (Fsp3) is 0.789. The third-order valence-corrected chi connectivity index (χ3v) is 4.82. The Morgan fingerprint density at radius 3 is 1.69 bits per heavy atom. The molecule has 29 heavy (non-hydrogen) atoms. The lowest BCUT2D eigenvalue weighted by molar-refractivity contribution is -0.184. The van der Waals surface area contributed by atoms with Crippen LogP contribution in [0.5, 0.6) is 0 Å². The van der Waals surface area contributed by atoms with Gasteiger partial charge in [0.1, 0.15) is 12.1 Å². The van der Waals surface area contributed by atoms with Gasteiger partial charge in [0.25, 0.3) is 0 Å². The Kier molecular flexibility index (Phi) is 12.1. The van der Waals surface area contributed by atoms with Gasteiger partial charge in [0, 0.05) is 0 Å². The van der Waals surface area contributed by atoms with E-state index < -0.39 is 54.6 Å². The smallest absolute Gasteiger partial charge is 0.349 e. The van der Waals surface area contributed by atoms with Crippen LogP contribution in [0, 0.1) is 11.8 Å². The number of carbonyl (C=O) groups is 4. The maximum absolute atomic E-state index is 12.3. The third kappa shape index (κ3) is 8.78. The van der Waals surface area contributed by atoms with Gasteiger partial charge in [-0.05, 0) is 18.8 Å². The zero-order valence-electron chi connectivity index (χ0n) is 17.8. The molecule has 6 atom stereocenters. The molecule has 0 bridgehead atoms. The van der Waals surface area contributed by atoms with E-state index in [4.69, 9.17) is 25.7 Å². The van der Waals surface area contributed by atoms with Crippen LogP contribution in [0.25, 0.3) is 0 Å². The van der Waals surface area contributed by atoms with Crippen LogP contribution in [0.2, 0.25) is 0 Å². The molecule has 0 saturated carbocycles. The SMILES string of the molecule is CCOC(=O)CC(OC(=O)[C@@H](N)[C@@H](C)CC)C(OC(=O)[C@@H](N)[C@@H](C)CC)C(=O)O. The maximum Gasteiger partial charge on any atom is 0.349 e. The van der Waals surface area contributed by atoms with Crippen LogP contribution in [0.3, 0.4) is 0 Å². The average molecular weight is 418 g/mol. The second kappa shape index (κ2) is 13.1. The predicted octanol–water partition coefficient (Wildman–Crippen LogP) is 0.595. The highest BCUT2D eigenvalue weighted by atomic mass is 16.6. The molecule has 0 spiro atoms. The predicted molar refractivity (Wildman–Crippen MR) is 104 cm³/mol. The molecule has 0 aliphatic carbocycles. The Labute approximate surface area is 171 Å². The lowest BCUT2D eigenvalue weighted by Gasteiger charge is -2.27. The van der Waals surface area contributed by atoms with E-state index in [9.17, 15) is 24.3 Å². The van der Waals surface area contributed by atoms with E-state index in [1.165, 1.54) is 0 Å². The Hall–Kier alpha value is -2.20. The zero-order valence-corrected chi connectivity index (χ0v) is 17.8. The van der Waals surface area contributed by atoms with Crippen LogP contribution in [-0.4, -0.2) is 59.9 Å².